The minimum absolute atomic E-state index is 0.00472. The first-order valence-corrected chi connectivity index (χ1v) is 9.43. The van der Waals surface area contributed by atoms with E-state index in [1.54, 1.807) is 14.2 Å². The first kappa shape index (κ1) is 19.4. The van der Waals surface area contributed by atoms with Gasteiger partial charge in [-0.3, -0.25) is 0 Å². The van der Waals surface area contributed by atoms with E-state index in [0.29, 0.717) is 0 Å². The van der Waals surface area contributed by atoms with Crippen molar-refractivity contribution in [2.45, 2.75) is 57.8 Å². The summed E-state index contributed by atoms with van der Waals surface area (Å²) in [6.07, 6.45) is 7.65. The Morgan fingerprint density at radius 3 is 1.52 bits per heavy atom. The highest BCUT2D eigenvalue weighted by atomic mass is 16.5. The average Bonchev–Trinajstić information content (AvgIpc) is 2.67. The van der Waals surface area contributed by atoms with Gasteiger partial charge in [-0.25, -0.2) is 0 Å². The lowest BCUT2D eigenvalue weighted by Gasteiger charge is -2.31. The van der Waals surface area contributed by atoms with Crippen LogP contribution in [0.5, 0.6) is 11.5 Å². The van der Waals surface area contributed by atoms with E-state index in [-0.39, 0.29) is 5.41 Å². The van der Waals surface area contributed by atoms with E-state index in [2.05, 4.69) is 62.4 Å². The van der Waals surface area contributed by atoms with Crippen LogP contribution in [0, 0.1) is 0 Å². The van der Waals surface area contributed by atoms with Crippen LogP contribution in [0.1, 0.15) is 63.5 Å². The summed E-state index contributed by atoms with van der Waals surface area (Å²) in [5, 5.41) is 0. The van der Waals surface area contributed by atoms with E-state index < -0.39 is 0 Å². The van der Waals surface area contributed by atoms with Crippen molar-refractivity contribution in [2.75, 3.05) is 14.2 Å². The van der Waals surface area contributed by atoms with Crippen LogP contribution in [0.4, 0.5) is 0 Å². The molecular weight excluding hydrogens is 308 g/mol. The number of ether oxygens (including phenoxy) is 2. The highest BCUT2D eigenvalue weighted by Gasteiger charge is 2.28. The molecule has 2 nitrogen and oxygen atoms in total. The number of methoxy groups -OCH3 is 2. The zero-order valence-electron chi connectivity index (χ0n) is 16.2. The molecule has 0 amide bonds. The Kier molecular flexibility index (Phi) is 7.36. The maximum atomic E-state index is 5.33. The van der Waals surface area contributed by atoms with Crippen molar-refractivity contribution < 1.29 is 9.47 Å². The van der Waals surface area contributed by atoms with Crippen molar-refractivity contribution in [3.63, 3.8) is 0 Å². The molecular formula is C23H32O2. The van der Waals surface area contributed by atoms with Gasteiger partial charge >= 0.3 is 0 Å². The van der Waals surface area contributed by atoms with Crippen LogP contribution in [0.15, 0.2) is 48.5 Å². The molecule has 136 valence electrons. The van der Waals surface area contributed by atoms with Gasteiger partial charge in [0.25, 0.3) is 0 Å². The highest BCUT2D eigenvalue weighted by molar-refractivity contribution is 5.42. The molecule has 0 aliphatic carbocycles. The Labute approximate surface area is 153 Å². The number of rotatable bonds is 10. The van der Waals surface area contributed by atoms with Gasteiger partial charge in [0.2, 0.25) is 0 Å². The first-order chi connectivity index (χ1) is 12.1. The number of unbranched alkanes of at least 4 members (excludes halogenated alkanes) is 4. The van der Waals surface area contributed by atoms with Crippen molar-refractivity contribution in [2.24, 2.45) is 0 Å². The third-order valence-corrected chi connectivity index (χ3v) is 5.23. The second-order valence-electron chi connectivity index (χ2n) is 6.95. The molecule has 0 radical (unpaired) electrons. The lowest BCUT2D eigenvalue weighted by Crippen LogP contribution is -2.23. The van der Waals surface area contributed by atoms with E-state index in [0.717, 1.165) is 17.9 Å². The van der Waals surface area contributed by atoms with Crippen LogP contribution in [-0.4, -0.2) is 14.2 Å². The molecule has 2 aromatic rings. The van der Waals surface area contributed by atoms with Gasteiger partial charge in [-0.15, -0.1) is 0 Å². The molecule has 2 heteroatoms. The van der Waals surface area contributed by atoms with Crippen molar-refractivity contribution in [3.05, 3.63) is 59.7 Å². The highest BCUT2D eigenvalue weighted by Crippen LogP contribution is 2.38. The van der Waals surface area contributed by atoms with E-state index >= 15 is 0 Å². The summed E-state index contributed by atoms with van der Waals surface area (Å²) in [4.78, 5) is 0. The topological polar surface area (TPSA) is 18.5 Å². The standard InChI is InChI=1S/C23H32O2/c1-5-6-7-8-9-18-23(2,19-10-14-21(24-3)15-11-19)20-12-16-22(25-4)17-13-20/h10-17H,5-9,18H2,1-4H3. The molecule has 0 saturated heterocycles. The first-order valence-electron chi connectivity index (χ1n) is 9.43. The smallest absolute Gasteiger partial charge is 0.118 e. The van der Waals surface area contributed by atoms with Crippen molar-refractivity contribution >= 4 is 0 Å². The lowest BCUT2D eigenvalue weighted by atomic mass is 9.72. The Morgan fingerprint density at radius 2 is 1.12 bits per heavy atom. The van der Waals surface area contributed by atoms with Crippen LogP contribution in [0.25, 0.3) is 0 Å². The SMILES string of the molecule is CCCCCCCC(C)(c1ccc(OC)cc1)c1ccc(OC)cc1. The van der Waals surface area contributed by atoms with Gasteiger partial charge in [-0.1, -0.05) is 70.2 Å². The predicted molar refractivity (Wildman–Crippen MR) is 106 cm³/mol. The van der Waals surface area contributed by atoms with Crippen LogP contribution in [0.2, 0.25) is 0 Å². The fraction of sp³-hybridized carbons (Fsp3) is 0.478. The summed E-state index contributed by atoms with van der Waals surface area (Å²) >= 11 is 0. The number of hydrogen-bond acceptors (Lipinski definition) is 2. The molecule has 2 rings (SSSR count). The lowest BCUT2D eigenvalue weighted by molar-refractivity contribution is 0.412. The normalized spacial score (nSPS) is 11.4. The fourth-order valence-electron chi connectivity index (χ4n) is 3.46. The van der Waals surface area contributed by atoms with Gasteiger partial charge in [0.15, 0.2) is 0 Å². The fourth-order valence-corrected chi connectivity index (χ4v) is 3.46. The zero-order chi connectivity index (χ0) is 18.1. The molecule has 0 N–H and O–H groups in total. The third kappa shape index (κ3) is 5.01. The summed E-state index contributed by atoms with van der Waals surface area (Å²) in [6, 6.07) is 17.1. The van der Waals surface area contributed by atoms with Gasteiger partial charge in [-0.05, 0) is 41.8 Å². The molecule has 0 heterocycles. The predicted octanol–water partition coefficient (Wildman–Crippen LogP) is 6.37. The molecule has 0 spiro atoms. The van der Waals surface area contributed by atoms with Crippen LogP contribution in [-0.2, 0) is 5.41 Å². The maximum Gasteiger partial charge on any atom is 0.118 e. The van der Waals surface area contributed by atoms with E-state index in [4.69, 9.17) is 9.47 Å². The summed E-state index contributed by atoms with van der Waals surface area (Å²) in [7, 11) is 3.43. The van der Waals surface area contributed by atoms with Gasteiger partial charge < -0.3 is 9.47 Å². The number of benzene rings is 2. The van der Waals surface area contributed by atoms with Gasteiger partial charge in [0.1, 0.15) is 11.5 Å². The van der Waals surface area contributed by atoms with E-state index in [1.807, 2.05) is 0 Å². The van der Waals surface area contributed by atoms with Gasteiger partial charge in [0, 0.05) is 5.41 Å². The maximum absolute atomic E-state index is 5.33. The molecule has 0 fully saturated rings. The Hall–Kier alpha value is -1.96. The summed E-state index contributed by atoms with van der Waals surface area (Å²) < 4.78 is 10.7. The molecule has 0 saturated carbocycles. The molecule has 0 aliphatic heterocycles. The average molecular weight is 341 g/mol. The quantitative estimate of drug-likeness (QED) is 0.468. The van der Waals surface area contributed by atoms with Crippen LogP contribution >= 0.6 is 0 Å². The molecule has 0 bridgehead atoms. The monoisotopic (exact) mass is 340 g/mol. The molecule has 0 aliphatic rings. The van der Waals surface area contributed by atoms with Crippen LogP contribution in [0.3, 0.4) is 0 Å². The molecule has 2 aromatic carbocycles. The van der Waals surface area contributed by atoms with Gasteiger partial charge in [-0.2, -0.15) is 0 Å². The molecule has 0 unspecified atom stereocenters. The van der Waals surface area contributed by atoms with Crippen molar-refractivity contribution in [1.29, 1.82) is 0 Å². The van der Waals surface area contributed by atoms with Crippen molar-refractivity contribution in [3.8, 4) is 11.5 Å². The van der Waals surface area contributed by atoms with Gasteiger partial charge in [0.05, 0.1) is 14.2 Å². The molecule has 0 atom stereocenters. The van der Waals surface area contributed by atoms with E-state index in [9.17, 15) is 0 Å². The number of hydrogen-bond donors (Lipinski definition) is 0. The minimum atomic E-state index is 0.00472. The Morgan fingerprint density at radius 1 is 0.680 bits per heavy atom. The van der Waals surface area contributed by atoms with E-state index in [1.165, 1.54) is 43.2 Å². The third-order valence-electron chi connectivity index (χ3n) is 5.23. The largest absolute Gasteiger partial charge is 0.497 e. The molecule has 0 aromatic heterocycles. The van der Waals surface area contributed by atoms with Crippen molar-refractivity contribution in [1.82, 2.24) is 0 Å². The van der Waals surface area contributed by atoms with Crippen LogP contribution < -0.4 is 9.47 Å². The molecule has 25 heavy (non-hydrogen) atoms. The zero-order valence-corrected chi connectivity index (χ0v) is 16.2. The summed E-state index contributed by atoms with van der Waals surface area (Å²) in [5.41, 5.74) is 2.69. The summed E-state index contributed by atoms with van der Waals surface area (Å²) in [6.45, 7) is 4.62. The Bertz CT molecular complexity index is 566. The second kappa shape index (κ2) is 9.50. The summed E-state index contributed by atoms with van der Waals surface area (Å²) in [5.74, 6) is 1.81. The minimum Gasteiger partial charge on any atom is -0.497 e. The second-order valence-corrected chi connectivity index (χ2v) is 6.95. The Balaban J connectivity index is 2.24.